The Morgan fingerprint density at radius 3 is 1.64 bits per heavy atom. The van der Waals surface area contributed by atoms with Crippen LogP contribution in [0.5, 0.6) is 0 Å². The number of hydrogen-bond acceptors (Lipinski definition) is 2. The molecule has 2 rings (SSSR count). The van der Waals surface area contributed by atoms with Gasteiger partial charge in [-0.1, -0.05) is 106 Å². The van der Waals surface area contributed by atoms with Gasteiger partial charge in [-0.2, -0.15) is 11.1 Å². The summed E-state index contributed by atoms with van der Waals surface area (Å²) in [4.78, 5) is 11.1. The molecule has 0 heterocycles. The number of ether oxygens (including phenoxy) is 1. The molecule has 0 saturated carbocycles. The average molecular weight is 417 g/mol. The molecule has 0 atom stereocenters. The second-order valence-corrected chi connectivity index (χ2v) is 12.6. The van der Waals surface area contributed by atoms with Crippen molar-refractivity contribution in [3.63, 3.8) is 0 Å². The first-order valence-electron chi connectivity index (χ1n) is 10.5. The monoisotopic (exact) mass is 416 g/mol. The zero-order valence-corrected chi connectivity index (χ0v) is 18.8. The van der Waals surface area contributed by atoms with Crippen molar-refractivity contribution in [3.05, 3.63) is 60.7 Å². The van der Waals surface area contributed by atoms with E-state index in [0.29, 0.717) is 6.42 Å². The van der Waals surface area contributed by atoms with Crippen molar-refractivity contribution < 1.29 is 9.53 Å². The van der Waals surface area contributed by atoms with E-state index in [1.54, 1.807) is 0 Å². The molecule has 0 bridgehead atoms. The minimum Gasteiger partial charge on any atom is -0.469 e. The lowest BCUT2D eigenvalue weighted by Crippen LogP contribution is -2.53. The summed E-state index contributed by atoms with van der Waals surface area (Å²) < 4.78 is 4.67. The number of carbonyl (C=O) groups is 1. The number of esters is 1. The molecule has 0 fully saturated rings. The standard InChI is InChI=1S/C24H33ClO2Si/c1-27-24(26)20-14-6-4-2-3-5-7-15-21-28(25,22-16-10-8-11-17-22)23-18-12-9-13-19-23/h8-13,16-19H,2-7,14-15,20-21H2,1H3. The van der Waals surface area contributed by atoms with Gasteiger partial charge in [0.05, 0.1) is 7.11 Å². The molecule has 0 saturated heterocycles. The third-order valence-corrected chi connectivity index (χ3v) is 10.8. The van der Waals surface area contributed by atoms with Crippen LogP contribution in [0.3, 0.4) is 0 Å². The van der Waals surface area contributed by atoms with E-state index in [9.17, 15) is 4.79 Å². The van der Waals surface area contributed by atoms with Crippen LogP contribution in [0.15, 0.2) is 60.7 Å². The third-order valence-electron chi connectivity index (χ3n) is 5.34. The van der Waals surface area contributed by atoms with Gasteiger partial charge in [0.25, 0.3) is 0 Å². The van der Waals surface area contributed by atoms with Crippen molar-refractivity contribution in [1.29, 1.82) is 0 Å². The Morgan fingerprint density at radius 2 is 1.18 bits per heavy atom. The highest BCUT2D eigenvalue weighted by atomic mass is 35.6. The Bertz CT molecular complexity index is 636. The zero-order chi connectivity index (χ0) is 20.1. The normalized spacial score (nSPS) is 11.4. The first kappa shape index (κ1) is 22.7. The van der Waals surface area contributed by atoms with Gasteiger partial charge in [-0.15, -0.1) is 0 Å². The SMILES string of the molecule is COC(=O)CCCCCCCCCC[Si](Cl)(c1ccccc1)c1ccccc1. The van der Waals surface area contributed by atoms with Crippen LogP contribution < -0.4 is 10.4 Å². The van der Waals surface area contributed by atoms with Crippen LogP contribution in [0.25, 0.3) is 0 Å². The van der Waals surface area contributed by atoms with E-state index in [4.69, 9.17) is 11.1 Å². The van der Waals surface area contributed by atoms with Crippen LogP contribution in [-0.4, -0.2) is 20.5 Å². The number of methoxy groups -OCH3 is 1. The van der Waals surface area contributed by atoms with E-state index >= 15 is 0 Å². The van der Waals surface area contributed by atoms with Crippen molar-refractivity contribution in [2.45, 2.75) is 63.8 Å². The first-order valence-corrected chi connectivity index (χ1v) is 13.8. The van der Waals surface area contributed by atoms with Crippen LogP contribution in [-0.2, 0) is 9.53 Å². The molecule has 2 nitrogen and oxygen atoms in total. The lowest BCUT2D eigenvalue weighted by molar-refractivity contribution is -0.140. The van der Waals surface area contributed by atoms with E-state index < -0.39 is 7.38 Å². The lowest BCUT2D eigenvalue weighted by atomic mass is 10.1. The van der Waals surface area contributed by atoms with Crippen LogP contribution in [0.4, 0.5) is 0 Å². The maximum atomic E-state index is 11.1. The van der Waals surface area contributed by atoms with Crippen molar-refractivity contribution in [2.75, 3.05) is 7.11 Å². The van der Waals surface area contributed by atoms with E-state index in [2.05, 4.69) is 65.4 Å². The summed E-state index contributed by atoms with van der Waals surface area (Å²) in [6.45, 7) is 0. The second kappa shape index (κ2) is 12.8. The quantitative estimate of drug-likeness (QED) is 0.182. The summed E-state index contributed by atoms with van der Waals surface area (Å²) in [5, 5.41) is 2.63. The molecule has 2 aromatic carbocycles. The van der Waals surface area contributed by atoms with Gasteiger partial charge in [0.2, 0.25) is 7.38 Å². The van der Waals surface area contributed by atoms with Gasteiger partial charge in [0.15, 0.2) is 0 Å². The van der Waals surface area contributed by atoms with Gasteiger partial charge in [-0.25, -0.2) is 0 Å². The number of halogens is 1. The van der Waals surface area contributed by atoms with Crippen LogP contribution >= 0.6 is 11.1 Å². The molecule has 2 aromatic rings. The summed E-state index contributed by atoms with van der Waals surface area (Å²) in [6, 6.07) is 22.4. The predicted molar refractivity (Wildman–Crippen MR) is 122 cm³/mol. The Kier molecular flexibility index (Phi) is 10.4. The van der Waals surface area contributed by atoms with E-state index in [-0.39, 0.29) is 5.97 Å². The molecule has 0 unspecified atom stereocenters. The number of benzene rings is 2. The summed E-state index contributed by atoms with van der Waals surface area (Å²) in [5.74, 6) is -0.0921. The lowest BCUT2D eigenvalue weighted by Gasteiger charge is -2.25. The van der Waals surface area contributed by atoms with E-state index in [0.717, 1.165) is 18.9 Å². The maximum absolute atomic E-state index is 11.1. The summed E-state index contributed by atoms with van der Waals surface area (Å²) in [6.07, 6.45) is 10.0. The zero-order valence-electron chi connectivity index (χ0n) is 17.0. The van der Waals surface area contributed by atoms with Crippen LogP contribution in [0, 0.1) is 0 Å². The topological polar surface area (TPSA) is 26.3 Å². The molecule has 0 aliphatic rings. The Labute approximate surface area is 176 Å². The molecular weight excluding hydrogens is 384 g/mol. The molecular formula is C24H33ClO2Si. The highest BCUT2D eigenvalue weighted by Crippen LogP contribution is 2.21. The molecule has 152 valence electrons. The summed E-state index contributed by atoms with van der Waals surface area (Å²) in [7, 11) is -0.719. The van der Waals surface area contributed by atoms with Crippen LogP contribution in [0.1, 0.15) is 57.8 Å². The van der Waals surface area contributed by atoms with E-state index in [1.165, 1.54) is 56.0 Å². The van der Waals surface area contributed by atoms with Gasteiger partial charge in [-0.3, -0.25) is 4.79 Å². The minimum absolute atomic E-state index is 0.0921. The molecule has 0 spiro atoms. The molecule has 0 aromatic heterocycles. The molecule has 0 aliphatic heterocycles. The van der Waals surface area contributed by atoms with Crippen LogP contribution in [0.2, 0.25) is 6.04 Å². The molecule has 4 heteroatoms. The highest BCUT2D eigenvalue weighted by Gasteiger charge is 2.34. The third kappa shape index (κ3) is 7.44. The minimum atomic E-state index is -2.17. The van der Waals surface area contributed by atoms with E-state index in [1.807, 2.05) is 0 Å². The van der Waals surface area contributed by atoms with Crippen molar-refractivity contribution in [2.24, 2.45) is 0 Å². The Balaban J connectivity index is 1.71. The fourth-order valence-corrected chi connectivity index (χ4v) is 7.91. The van der Waals surface area contributed by atoms with Gasteiger partial charge in [0.1, 0.15) is 0 Å². The molecule has 0 amide bonds. The highest BCUT2D eigenvalue weighted by molar-refractivity contribution is 7.34. The number of carbonyl (C=O) groups excluding carboxylic acids is 1. The molecule has 0 N–H and O–H groups in total. The van der Waals surface area contributed by atoms with Gasteiger partial charge in [0, 0.05) is 6.42 Å². The number of hydrogen-bond donors (Lipinski definition) is 0. The number of rotatable bonds is 13. The molecule has 0 aliphatic carbocycles. The maximum Gasteiger partial charge on any atom is 0.305 e. The van der Waals surface area contributed by atoms with Crippen molar-refractivity contribution in [1.82, 2.24) is 0 Å². The van der Waals surface area contributed by atoms with Gasteiger partial charge >= 0.3 is 5.97 Å². The largest absolute Gasteiger partial charge is 0.469 e. The first-order chi connectivity index (χ1) is 13.7. The fraction of sp³-hybridized carbons (Fsp3) is 0.458. The van der Waals surface area contributed by atoms with Crippen molar-refractivity contribution >= 4 is 34.8 Å². The molecule has 0 radical (unpaired) electrons. The predicted octanol–water partition coefficient (Wildman–Crippen LogP) is 5.67. The summed E-state index contributed by atoms with van der Waals surface area (Å²) in [5.41, 5.74) is 0. The van der Waals surface area contributed by atoms with Gasteiger partial charge in [-0.05, 0) is 22.8 Å². The van der Waals surface area contributed by atoms with Crippen molar-refractivity contribution in [3.8, 4) is 0 Å². The summed E-state index contributed by atoms with van der Waals surface area (Å²) >= 11 is 7.33. The Hall–Kier alpha value is -1.58. The molecule has 28 heavy (non-hydrogen) atoms. The second-order valence-electron chi connectivity index (χ2n) is 7.44. The van der Waals surface area contributed by atoms with Gasteiger partial charge < -0.3 is 4.74 Å². The fourth-order valence-electron chi connectivity index (χ4n) is 3.66. The Morgan fingerprint density at radius 1 is 0.750 bits per heavy atom. The smallest absolute Gasteiger partial charge is 0.305 e. The average Bonchev–Trinajstić information content (AvgIpc) is 2.75. The number of unbranched alkanes of at least 4 members (excludes halogenated alkanes) is 7.